The van der Waals surface area contributed by atoms with Crippen LogP contribution in [0.25, 0.3) is 11.0 Å². The van der Waals surface area contributed by atoms with E-state index in [0.717, 1.165) is 28.5 Å². The summed E-state index contributed by atoms with van der Waals surface area (Å²) in [7, 11) is 0. The first kappa shape index (κ1) is 15.3. The highest BCUT2D eigenvalue weighted by Gasteiger charge is 2.34. The zero-order valence-electron chi connectivity index (χ0n) is 12.8. The van der Waals surface area contributed by atoms with E-state index in [2.05, 4.69) is 31.3 Å². The Hall–Kier alpha value is -1.63. The Morgan fingerprint density at radius 1 is 1.41 bits per heavy atom. The minimum atomic E-state index is -0.471. The highest BCUT2D eigenvalue weighted by atomic mass is 79.9. The summed E-state index contributed by atoms with van der Waals surface area (Å²) in [5.74, 6) is 0. The molecule has 0 spiro atoms. The van der Waals surface area contributed by atoms with E-state index < -0.39 is 5.60 Å². The number of aromatic nitrogens is 3. The molecule has 1 amide bonds. The summed E-state index contributed by atoms with van der Waals surface area (Å²) in [6, 6.07) is 4.29. The van der Waals surface area contributed by atoms with Crippen molar-refractivity contribution >= 4 is 33.1 Å². The number of hydrogen-bond acceptors (Lipinski definition) is 4. The second-order valence-corrected chi connectivity index (χ2v) is 7.42. The van der Waals surface area contributed by atoms with Crippen LogP contribution >= 0.6 is 15.9 Å². The third-order valence-electron chi connectivity index (χ3n) is 3.59. The molecule has 0 bridgehead atoms. The van der Waals surface area contributed by atoms with Crippen LogP contribution in [0, 0.1) is 0 Å². The number of nitrogens with one attached hydrogen (secondary N) is 1. The van der Waals surface area contributed by atoms with E-state index in [-0.39, 0.29) is 18.2 Å². The van der Waals surface area contributed by atoms with E-state index in [4.69, 9.17) is 4.74 Å². The molecule has 0 aromatic carbocycles. The first-order valence-corrected chi connectivity index (χ1v) is 8.10. The molecule has 2 heterocycles. The van der Waals surface area contributed by atoms with Crippen LogP contribution < -0.4 is 5.32 Å². The lowest BCUT2D eigenvalue weighted by Gasteiger charge is -2.36. The summed E-state index contributed by atoms with van der Waals surface area (Å²) in [6.07, 6.45) is 3.14. The normalized spacial score (nSPS) is 21.5. The smallest absolute Gasteiger partial charge is 0.407 e. The van der Waals surface area contributed by atoms with Gasteiger partial charge in [0.2, 0.25) is 0 Å². The SMILES string of the molecule is CC(C)(C)OC(=O)NC1CC(n2ncc3ccc(Br)nc32)C1. The molecule has 1 aliphatic carbocycles. The number of pyridine rings is 1. The molecule has 0 unspecified atom stereocenters. The second kappa shape index (κ2) is 5.53. The number of fused-ring (bicyclic) bond motifs is 1. The van der Waals surface area contributed by atoms with Gasteiger partial charge in [0.1, 0.15) is 10.2 Å². The third kappa shape index (κ3) is 3.24. The Morgan fingerprint density at radius 2 is 2.14 bits per heavy atom. The molecule has 118 valence electrons. The monoisotopic (exact) mass is 366 g/mol. The fraction of sp³-hybridized carbons (Fsp3) is 0.533. The van der Waals surface area contributed by atoms with Gasteiger partial charge in [-0.1, -0.05) is 0 Å². The lowest BCUT2D eigenvalue weighted by molar-refractivity contribution is 0.0454. The van der Waals surface area contributed by atoms with Crippen molar-refractivity contribution in [2.75, 3.05) is 0 Å². The van der Waals surface area contributed by atoms with Gasteiger partial charge in [-0.05, 0) is 61.7 Å². The van der Waals surface area contributed by atoms with Crippen LogP contribution in [0.1, 0.15) is 39.7 Å². The van der Waals surface area contributed by atoms with Crippen LogP contribution in [0.2, 0.25) is 0 Å². The minimum Gasteiger partial charge on any atom is -0.444 e. The summed E-state index contributed by atoms with van der Waals surface area (Å²) in [6.45, 7) is 5.57. The number of halogens is 1. The first-order valence-electron chi connectivity index (χ1n) is 7.31. The van der Waals surface area contributed by atoms with E-state index in [9.17, 15) is 4.79 Å². The maximum atomic E-state index is 11.7. The van der Waals surface area contributed by atoms with Gasteiger partial charge in [-0.25, -0.2) is 14.5 Å². The summed E-state index contributed by atoms with van der Waals surface area (Å²) >= 11 is 3.39. The summed E-state index contributed by atoms with van der Waals surface area (Å²) in [5.41, 5.74) is 0.400. The fourth-order valence-corrected chi connectivity index (χ4v) is 2.85. The third-order valence-corrected chi connectivity index (χ3v) is 4.03. The number of rotatable bonds is 2. The molecule has 22 heavy (non-hydrogen) atoms. The molecule has 0 atom stereocenters. The summed E-state index contributed by atoms with van der Waals surface area (Å²) in [5, 5.41) is 8.33. The molecule has 1 aliphatic rings. The topological polar surface area (TPSA) is 69.0 Å². The molecule has 2 aromatic rings. The second-order valence-electron chi connectivity index (χ2n) is 6.60. The Bertz CT molecular complexity index is 701. The number of hydrogen-bond donors (Lipinski definition) is 1. The quantitative estimate of drug-likeness (QED) is 0.826. The summed E-state index contributed by atoms with van der Waals surface area (Å²) < 4.78 is 8.00. The molecule has 2 aromatic heterocycles. The molecule has 0 radical (unpaired) electrons. The van der Waals surface area contributed by atoms with Crippen LogP contribution in [-0.4, -0.2) is 32.5 Å². The molecule has 1 saturated carbocycles. The van der Waals surface area contributed by atoms with Crippen LogP contribution in [-0.2, 0) is 4.74 Å². The van der Waals surface area contributed by atoms with Crippen molar-refractivity contribution in [2.45, 2.75) is 51.3 Å². The lowest BCUT2D eigenvalue weighted by atomic mass is 9.87. The van der Waals surface area contributed by atoms with Gasteiger partial charge in [0, 0.05) is 11.4 Å². The Kier molecular flexibility index (Phi) is 3.84. The van der Waals surface area contributed by atoms with E-state index in [1.165, 1.54) is 0 Å². The van der Waals surface area contributed by atoms with Gasteiger partial charge in [0.25, 0.3) is 0 Å². The van der Waals surface area contributed by atoms with Crippen molar-refractivity contribution < 1.29 is 9.53 Å². The Labute approximate surface area is 137 Å². The van der Waals surface area contributed by atoms with E-state index in [0.29, 0.717) is 0 Å². The number of amides is 1. The maximum absolute atomic E-state index is 11.7. The van der Waals surface area contributed by atoms with Gasteiger partial charge < -0.3 is 10.1 Å². The number of carbonyl (C=O) groups is 1. The van der Waals surface area contributed by atoms with Crippen LogP contribution in [0.15, 0.2) is 22.9 Å². The molecule has 6 nitrogen and oxygen atoms in total. The van der Waals surface area contributed by atoms with Crippen LogP contribution in [0.5, 0.6) is 0 Å². The van der Waals surface area contributed by atoms with Gasteiger partial charge in [-0.3, -0.25) is 0 Å². The summed E-state index contributed by atoms with van der Waals surface area (Å²) in [4.78, 5) is 16.2. The Morgan fingerprint density at radius 3 is 2.82 bits per heavy atom. The molecule has 7 heteroatoms. The molecular formula is C15H19BrN4O2. The largest absolute Gasteiger partial charge is 0.444 e. The predicted molar refractivity (Wildman–Crippen MR) is 86.7 cm³/mol. The van der Waals surface area contributed by atoms with Crippen molar-refractivity contribution in [1.29, 1.82) is 0 Å². The average molecular weight is 367 g/mol. The van der Waals surface area contributed by atoms with E-state index in [1.54, 1.807) is 0 Å². The zero-order chi connectivity index (χ0) is 15.9. The molecule has 1 N–H and O–H groups in total. The average Bonchev–Trinajstić information content (AvgIpc) is 2.73. The molecule has 0 aliphatic heterocycles. The lowest BCUT2D eigenvalue weighted by Crippen LogP contribution is -2.46. The highest BCUT2D eigenvalue weighted by molar-refractivity contribution is 9.10. The molecular weight excluding hydrogens is 348 g/mol. The molecule has 3 rings (SSSR count). The van der Waals surface area contributed by atoms with Gasteiger partial charge in [-0.2, -0.15) is 5.10 Å². The Balaban J connectivity index is 1.61. The van der Waals surface area contributed by atoms with Gasteiger partial charge in [0.05, 0.1) is 12.2 Å². The molecule has 0 saturated heterocycles. The molecule has 1 fully saturated rings. The number of nitrogens with zero attached hydrogens (tertiary/aromatic N) is 3. The number of alkyl carbamates (subject to hydrolysis) is 1. The first-order chi connectivity index (χ1) is 10.3. The van der Waals surface area contributed by atoms with Crippen LogP contribution in [0.4, 0.5) is 4.79 Å². The van der Waals surface area contributed by atoms with Gasteiger partial charge >= 0.3 is 6.09 Å². The highest BCUT2D eigenvalue weighted by Crippen LogP contribution is 2.34. The van der Waals surface area contributed by atoms with Crippen LogP contribution in [0.3, 0.4) is 0 Å². The van der Waals surface area contributed by atoms with E-state index in [1.807, 2.05) is 43.8 Å². The number of ether oxygens (including phenoxy) is 1. The van der Waals surface area contributed by atoms with Crippen molar-refractivity contribution in [3.63, 3.8) is 0 Å². The standard InChI is InChI=1S/C15H19BrN4O2/c1-15(2,3)22-14(21)18-10-6-11(7-10)20-13-9(8-17-20)4-5-12(16)19-13/h4-5,8,10-11H,6-7H2,1-3H3,(H,18,21). The van der Waals surface area contributed by atoms with Crippen molar-refractivity contribution in [3.8, 4) is 0 Å². The van der Waals surface area contributed by atoms with Gasteiger partial charge in [0.15, 0.2) is 5.65 Å². The predicted octanol–water partition coefficient (Wildman–Crippen LogP) is 3.42. The van der Waals surface area contributed by atoms with Crippen molar-refractivity contribution in [2.24, 2.45) is 0 Å². The number of carbonyl (C=O) groups excluding carboxylic acids is 1. The zero-order valence-corrected chi connectivity index (χ0v) is 14.4. The fourth-order valence-electron chi connectivity index (χ4n) is 2.55. The van der Waals surface area contributed by atoms with Crippen molar-refractivity contribution in [3.05, 3.63) is 22.9 Å². The van der Waals surface area contributed by atoms with Gasteiger partial charge in [-0.15, -0.1) is 0 Å². The maximum Gasteiger partial charge on any atom is 0.407 e. The van der Waals surface area contributed by atoms with Crippen molar-refractivity contribution in [1.82, 2.24) is 20.1 Å². The van der Waals surface area contributed by atoms with E-state index >= 15 is 0 Å². The minimum absolute atomic E-state index is 0.131.